The van der Waals surface area contributed by atoms with E-state index in [0.717, 1.165) is 12.3 Å². The van der Waals surface area contributed by atoms with E-state index in [1.807, 2.05) is 23.1 Å². The summed E-state index contributed by atoms with van der Waals surface area (Å²) in [6.07, 6.45) is 0. The van der Waals surface area contributed by atoms with Gasteiger partial charge in [-0.3, -0.25) is 0 Å². The minimum atomic E-state index is 0.152. The number of thioether (sulfide) groups is 1. The first-order valence-corrected chi connectivity index (χ1v) is 9.03. The molecule has 2 nitrogen and oxygen atoms in total. The minimum absolute atomic E-state index is 0.152. The van der Waals surface area contributed by atoms with Gasteiger partial charge in [0, 0.05) is 21.9 Å². The number of aryl methyl sites for hydroxylation is 2. The number of aromatic nitrogens is 1. The van der Waals surface area contributed by atoms with Crippen LogP contribution < -0.4 is 5.32 Å². The summed E-state index contributed by atoms with van der Waals surface area (Å²) in [5, 5.41) is 4.75. The Morgan fingerprint density at radius 3 is 2.62 bits per heavy atom. The Morgan fingerprint density at radius 1 is 1.24 bits per heavy atom. The Kier molecular flexibility index (Phi) is 5.47. The fourth-order valence-corrected chi connectivity index (χ4v) is 3.76. The van der Waals surface area contributed by atoms with E-state index in [9.17, 15) is 0 Å². The first kappa shape index (κ1) is 16.5. The summed E-state index contributed by atoms with van der Waals surface area (Å²) in [4.78, 5) is 7.24. The van der Waals surface area contributed by atoms with E-state index in [-0.39, 0.29) is 5.54 Å². The monoisotopic (exact) mass is 320 g/mol. The summed E-state index contributed by atoms with van der Waals surface area (Å²) < 4.78 is 0. The van der Waals surface area contributed by atoms with Crippen molar-refractivity contribution in [2.45, 2.75) is 57.4 Å². The van der Waals surface area contributed by atoms with Gasteiger partial charge in [-0.05, 0) is 52.3 Å². The van der Waals surface area contributed by atoms with E-state index in [2.05, 4.69) is 69.2 Å². The summed E-state index contributed by atoms with van der Waals surface area (Å²) in [5.74, 6) is 0.954. The van der Waals surface area contributed by atoms with Crippen LogP contribution in [0.5, 0.6) is 0 Å². The van der Waals surface area contributed by atoms with Crippen LogP contribution in [0.25, 0.3) is 0 Å². The lowest BCUT2D eigenvalue weighted by molar-refractivity contribution is 0.424. The average molecular weight is 321 g/mol. The van der Waals surface area contributed by atoms with Gasteiger partial charge in [-0.25, -0.2) is 4.98 Å². The Bertz CT molecular complexity index is 578. The fraction of sp³-hybridized carbons (Fsp3) is 0.471. The van der Waals surface area contributed by atoms with Gasteiger partial charge in [-0.15, -0.1) is 23.1 Å². The van der Waals surface area contributed by atoms with Crippen molar-refractivity contribution >= 4 is 23.1 Å². The van der Waals surface area contributed by atoms with Crippen molar-refractivity contribution in [1.29, 1.82) is 0 Å². The van der Waals surface area contributed by atoms with Gasteiger partial charge < -0.3 is 5.32 Å². The molecule has 114 valence electrons. The number of hydrogen-bond donors (Lipinski definition) is 1. The van der Waals surface area contributed by atoms with E-state index in [4.69, 9.17) is 0 Å². The topological polar surface area (TPSA) is 24.9 Å². The standard InChI is InChI=1S/C17H24N2S2/c1-12-13(2)21-16(19-12)11-20-15-8-6-7-14(9-15)10-18-17(3,4)5/h6-9,18H,10-11H2,1-5H3. The quantitative estimate of drug-likeness (QED) is 0.790. The van der Waals surface area contributed by atoms with Crippen molar-refractivity contribution in [2.24, 2.45) is 0 Å². The van der Waals surface area contributed by atoms with Crippen molar-refractivity contribution in [2.75, 3.05) is 0 Å². The Hall–Kier alpha value is -0.840. The molecule has 1 heterocycles. The third-order valence-corrected chi connectivity index (χ3v) is 5.42. The summed E-state index contributed by atoms with van der Waals surface area (Å²) >= 11 is 3.67. The molecule has 0 saturated heterocycles. The predicted octanol–water partition coefficient (Wildman–Crippen LogP) is 4.94. The highest BCUT2D eigenvalue weighted by molar-refractivity contribution is 7.98. The maximum absolute atomic E-state index is 4.60. The molecule has 0 radical (unpaired) electrons. The second kappa shape index (κ2) is 6.95. The first-order valence-electron chi connectivity index (χ1n) is 7.23. The Labute approximate surface area is 136 Å². The van der Waals surface area contributed by atoms with Crippen LogP contribution >= 0.6 is 23.1 Å². The molecule has 2 rings (SSSR count). The third-order valence-electron chi connectivity index (χ3n) is 3.16. The van der Waals surface area contributed by atoms with Crippen LogP contribution in [-0.4, -0.2) is 10.5 Å². The lowest BCUT2D eigenvalue weighted by atomic mass is 10.1. The van der Waals surface area contributed by atoms with Gasteiger partial charge in [0.05, 0.1) is 11.4 Å². The molecule has 0 aliphatic carbocycles. The van der Waals surface area contributed by atoms with Gasteiger partial charge >= 0.3 is 0 Å². The zero-order valence-electron chi connectivity index (χ0n) is 13.5. The van der Waals surface area contributed by atoms with Gasteiger partial charge in [0.2, 0.25) is 0 Å². The zero-order valence-corrected chi connectivity index (χ0v) is 15.1. The average Bonchev–Trinajstić information content (AvgIpc) is 2.73. The molecular formula is C17H24N2S2. The fourth-order valence-electron chi connectivity index (χ4n) is 1.86. The van der Waals surface area contributed by atoms with E-state index in [0.29, 0.717) is 0 Å². The molecule has 0 amide bonds. The second-order valence-electron chi connectivity index (χ2n) is 6.29. The van der Waals surface area contributed by atoms with Gasteiger partial charge in [0.1, 0.15) is 5.01 Å². The minimum Gasteiger partial charge on any atom is -0.308 e. The molecule has 21 heavy (non-hydrogen) atoms. The molecule has 2 aromatic rings. The number of thiazole rings is 1. The Balaban J connectivity index is 1.94. The first-order chi connectivity index (χ1) is 9.83. The molecule has 0 fully saturated rings. The van der Waals surface area contributed by atoms with Crippen LogP contribution in [0.15, 0.2) is 29.2 Å². The molecule has 1 aromatic heterocycles. The van der Waals surface area contributed by atoms with Crippen molar-refractivity contribution in [3.8, 4) is 0 Å². The SMILES string of the molecule is Cc1nc(CSc2cccc(CNC(C)(C)C)c2)sc1C. The molecule has 4 heteroatoms. The second-order valence-corrected chi connectivity index (χ2v) is 8.63. The van der Waals surface area contributed by atoms with E-state index in [1.54, 1.807) is 0 Å². The van der Waals surface area contributed by atoms with Gasteiger partial charge in [-0.2, -0.15) is 0 Å². The van der Waals surface area contributed by atoms with Crippen LogP contribution in [0.3, 0.4) is 0 Å². The molecule has 1 N–H and O–H groups in total. The molecule has 1 aromatic carbocycles. The molecule has 0 bridgehead atoms. The van der Waals surface area contributed by atoms with Crippen molar-refractivity contribution in [3.05, 3.63) is 45.4 Å². The number of hydrogen-bond acceptors (Lipinski definition) is 4. The summed E-state index contributed by atoms with van der Waals surface area (Å²) in [5.41, 5.74) is 2.65. The zero-order chi connectivity index (χ0) is 15.5. The van der Waals surface area contributed by atoms with Gasteiger partial charge in [0.15, 0.2) is 0 Å². The number of rotatable bonds is 5. The summed E-state index contributed by atoms with van der Waals surface area (Å²) in [6.45, 7) is 11.7. The molecule has 0 unspecified atom stereocenters. The summed E-state index contributed by atoms with van der Waals surface area (Å²) in [7, 11) is 0. The third kappa shape index (κ3) is 5.46. The van der Waals surface area contributed by atoms with Gasteiger partial charge in [-0.1, -0.05) is 12.1 Å². The lowest BCUT2D eigenvalue weighted by Gasteiger charge is -2.20. The van der Waals surface area contributed by atoms with Crippen LogP contribution in [0.4, 0.5) is 0 Å². The van der Waals surface area contributed by atoms with Gasteiger partial charge in [0.25, 0.3) is 0 Å². The lowest BCUT2D eigenvalue weighted by Crippen LogP contribution is -2.35. The highest BCUT2D eigenvalue weighted by atomic mass is 32.2. The Morgan fingerprint density at radius 2 is 2.00 bits per heavy atom. The largest absolute Gasteiger partial charge is 0.308 e. The van der Waals surface area contributed by atoms with Crippen LogP contribution in [-0.2, 0) is 12.3 Å². The summed E-state index contributed by atoms with van der Waals surface area (Å²) in [6, 6.07) is 8.77. The highest BCUT2D eigenvalue weighted by Gasteiger charge is 2.09. The van der Waals surface area contributed by atoms with E-state index < -0.39 is 0 Å². The maximum atomic E-state index is 4.60. The van der Waals surface area contributed by atoms with Crippen LogP contribution in [0.1, 0.15) is 41.9 Å². The number of benzene rings is 1. The van der Waals surface area contributed by atoms with Crippen molar-refractivity contribution < 1.29 is 0 Å². The van der Waals surface area contributed by atoms with Crippen LogP contribution in [0, 0.1) is 13.8 Å². The van der Waals surface area contributed by atoms with Crippen molar-refractivity contribution in [1.82, 2.24) is 10.3 Å². The predicted molar refractivity (Wildman–Crippen MR) is 94.2 cm³/mol. The van der Waals surface area contributed by atoms with Crippen molar-refractivity contribution in [3.63, 3.8) is 0 Å². The molecule has 0 aliphatic heterocycles. The molecule has 0 spiro atoms. The molecule has 0 aliphatic rings. The number of nitrogens with zero attached hydrogens (tertiary/aromatic N) is 1. The van der Waals surface area contributed by atoms with E-state index >= 15 is 0 Å². The smallest absolute Gasteiger partial charge is 0.103 e. The van der Waals surface area contributed by atoms with E-state index in [1.165, 1.54) is 26.0 Å². The molecular weight excluding hydrogens is 296 g/mol. The highest BCUT2D eigenvalue weighted by Crippen LogP contribution is 2.27. The molecule has 0 saturated carbocycles. The normalized spacial score (nSPS) is 11.9. The number of nitrogens with one attached hydrogen (secondary N) is 1. The maximum Gasteiger partial charge on any atom is 0.103 e. The van der Waals surface area contributed by atoms with Crippen LogP contribution in [0.2, 0.25) is 0 Å². The molecule has 0 atom stereocenters.